The number of aliphatic hydroxyl groups is 1. The minimum absolute atomic E-state index is 0.231. The average Bonchev–Trinajstić information content (AvgIpc) is 3.19. The van der Waals surface area contributed by atoms with E-state index in [1.54, 1.807) is 29.1 Å². The van der Waals surface area contributed by atoms with E-state index in [2.05, 4.69) is 10.00 Å². The van der Waals surface area contributed by atoms with E-state index in [0.29, 0.717) is 22.5 Å². The molecule has 5 nitrogen and oxygen atoms in total. The van der Waals surface area contributed by atoms with Crippen LogP contribution in [0.5, 0.6) is 5.88 Å². The number of β-amino-alcohol motifs (C(OH)–C–C–N with tert-alkyl or cyclic N) is 1. The van der Waals surface area contributed by atoms with Gasteiger partial charge in [0.05, 0.1) is 15.7 Å². The molecule has 7 heteroatoms. The summed E-state index contributed by atoms with van der Waals surface area (Å²) in [5.41, 5.74) is 0.798. The summed E-state index contributed by atoms with van der Waals surface area (Å²) < 4.78 is 7.22. The van der Waals surface area contributed by atoms with Crippen LogP contribution in [0.1, 0.15) is 12.8 Å². The maximum atomic E-state index is 10.0. The van der Waals surface area contributed by atoms with Crippen LogP contribution in [0.15, 0.2) is 30.5 Å². The zero-order chi connectivity index (χ0) is 16.2. The molecule has 0 aliphatic carbocycles. The van der Waals surface area contributed by atoms with E-state index in [4.69, 9.17) is 27.9 Å². The van der Waals surface area contributed by atoms with Crippen molar-refractivity contribution in [3.63, 3.8) is 0 Å². The Balaban J connectivity index is 1.55. The van der Waals surface area contributed by atoms with Gasteiger partial charge >= 0.3 is 0 Å². The summed E-state index contributed by atoms with van der Waals surface area (Å²) in [6, 6.07) is 7.04. The molecule has 1 N–H and O–H groups in total. The minimum atomic E-state index is -0.511. The normalized spacial score (nSPS) is 16.7. The first-order chi connectivity index (χ1) is 11.1. The first-order valence-corrected chi connectivity index (χ1v) is 8.42. The molecule has 1 aromatic heterocycles. The number of hydrogen-bond acceptors (Lipinski definition) is 4. The van der Waals surface area contributed by atoms with E-state index in [1.165, 1.54) is 12.8 Å². The number of aromatic nitrogens is 2. The largest absolute Gasteiger partial charge is 0.474 e. The minimum Gasteiger partial charge on any atom is -0.474 e. The Bertz CT molecular complexity index is 657. The van der Waals surface area contributed by atoms with Crippen molar-refractivity contribution in [2.24, 2.45) is 0 Å². The molecule has 1 saturated heterocycles. The maximum Gasteiger partial charge on any atom is 0.233 e. The van der Waals surface area contributed by atoms with Crippen molar-refractivity contribution in [1.82, 2.24) is 14.7 Å². The molecule has 23 heavy (non-hydrogen) atoms. The van der Waals surface area contributed by atoms with Crippen LogP contribution < -0.4 is 4.74 Å². The lowest BCUT2D eigenvalue weighted by Gasteiger charge is -2.18. The highest BCUT2D eigenvalue weighted by molar-refractivity contribution is 6.42. The van der Waals surface area contributed by atoms with Gasteiger partial charge in [0.2, 0.25) is 5.88 Å². The number of hydrogen-bond donors (Lipinski definition) is 1. The number of nitrogens with zero attached hydrogens (tertiary/aromatic N) is 3. The Hall–Kier alpha value is -1.27. The van der Waals surface area contributed by atoms with Gasteiger partial charge in [-0.15, -0.1) is 5.10 Å². The van der Waals surface area contributed by atoms with Crippen molar-refractivity contribution in [3.8, 4) is 11.6 Å². The summed E-state index contributed by atoms with van der Waals surface area (Å²) in [4.78, 5) is 2.25. The Morgan fingerprint density at radius 3 is 2.70 bits per heavy atom. The summed E-state index contributed by atoms with van der Waals surface area (Å²) >= 11 is 11.9. The number of likely N-dealkylation sites (tertiary alicyclic amines) is 1. The molecule has 124 valence electrons. The van der Waals surface area contributed by atoms with Crippen molar-refractivity contribution < 1.29 is 9.84 Å². The highest BCUT2D eigenvalue weighted by Gasteiger charge is 2.16. The average molecular weight is 356 g/mol. The molecule has 1 unspecified atom stereocenters. The molecule has 0 saturated carbocycles. The van der Waals surface area contributed by atoms with Crippen LogP contribution in [0.2, 0.25) is 10.0 Å². The molecular weight excluding hydrogens is 337 g/mol. The topological polar surface area (TPSA) is 50.5 Å². The summed E-state index contributed by atoms with van der Waals surface area (Å²) in [6.07, 6.45) is 3.69. The van der Waals surface area contributed by atoms with E-state index in [0.717, 1.165) is 18.8 Å². The molecule has 1 aliphatic heterocycles. The predicted octanol–water partition coefficient (Wildman–Crippen LogP) is 3.01. The summed E-state index contributed by atoms with van der Waals surface area (Å²) in [5.74, 6) is 0.469. The molecule has 0 radical (unpaired) electrons. The van der Waals surface area contributed by atoms with Gasteiger partial charge in [-0.25, -0.2) is 4.68 Å². The van der Waals surface area contributed by atoms with Gasteiger partial charge in [-0.1, -0.05) is 23.2 Å². The van der Waals surface area contributed by atoms with Crippen LogP contribution in [0.3, 0.4) is 0 Å². The van der Waals surface area contributed by atoms with Gasteiger partial charge in [-0.05, 0) is 44.1 Å². The smallest absolute Gasteiger partial charge is 0.233 e. The Morgan fingerprint density at radius 1 is 1.17 bits per heavy atom. The molecule has 1 fully saturated rings. The summed E-state index contributed by atoms with van der Waals surface area (Å²) in [5, 5.41) is 15.3. The Morgan fingerprint density at radius 2 is 1.96 bits per heavy atom. The van der Waals surface area contributed by atoms with E-state index in [-0.39, 0.29) is 6.61 Å². The van der Waals surface area contributed by atoms with Crippen molar-refractivity contribution in [2.75, 3.05) is 26.2 Å². The molecule has 3 rings (SSSR count). The van der Waals surface area contributed by atoms with E-state index < -0.39 is 6.10 Å². The first kappa shape index (κ1) is 16.6. The zero-order valence-electron chi connectivity index (χ0n) is 12.7. The maximum absolute atomic E-state index is 10.0. The van der Waals surface area contributed by atoms with E-state index >= 15 is 0 Å². The second kappa shape index (κ2) is 7.53. The zero-order valence-corrected chi connectivity index (χ0v) is 14.2. The third kappa shape index (κ3) is 4.38. The Labute approximate surface area is 145 Å². The highest BCUT2D eigenvalue weighted by atomic mass is 35.5. The third-order valence-electron chi connectivity index (χ3n) is 3.82. The number of rotatable bonds is 6. The van der Waals surface area contributed by atoms with E-state index in [9.17, 15) is 5.11 Å². The standard InChI is InChI=1S/C16H19Cl2N3O2/c17-14-4-3-12(9-15(14)18)21-8-5-16(19-21)23-11-13(22)10-20-6-1-2-7-20/h3-5,8-9,13,22H,1-2,6-7,10-11H2. The first-order valence-electron chi connectivity index (χ1n) is 7.66. The fourth-order valence-corrected chi connectivity index (χ4v) is 2.95. The number of benzene rings is 1. The van der Waals surface area contributed by atoms with Gasteiger partial charge in [0.1, 0.15) is 12.7 Å². The van der Waals surface area contributed by atoms with Gasteiger partial charge in [0.15, 0.2) is 0 Å². The van der Waals surface area contributed by atoms with Crippen molar-refractivity contribution in [1.29, 1.82) is 0 Å². The molecular formula is C16H19Cl2N3O2. The SMILES string of the molecule is OC(COc1ccn(-c2ccc(Cl)c(Cl)c2)n1)CN1CCCC1. The van der Waals surface area contributed by atoms with Gasteiger partial charge in [-0.3, -0.25) is 0 Å². The summed E-state index contributed by atoms with van der Waals surface area (Å²) in [6.45, 7) is 2.99. The van der Waals surface area contributed by atoms with Gasteiger partial charge < -0.3 is 14.7 Å². The third-order valence-corrected chi connectivity index (χ3v) is 4.56. The van der Waals surface area contributed by atoms with Gasteiger partial charge in [0, 0.05) is 18.8 Å². The summed E-state index contributed by atoms with van der Waals surface area (Å²) in [7, 11) is 0. The second-order valence-corrected chi connectivity index (χ2v) is 6.48. The quantitative estimate of drug-likeness (QED) is 0.865. The monoisotopic (exact) mass is 355 g/mol. The molecule has 2 aromatic rings. The van der Waals surface area contributed by atoms with Crippen LogP contribution in [0.4, 0.5) is 0 Å². The lowest BCUT2D eigenvalue weighted by Crippen LogP contribution is -2.33. The lowest BCUT2D eigenvalue weighted by atomic mass is 10.3. The molecule has 0 bridgehead atoms. The molecule has 1 atom stereocenters. The fraction of sp³-hybridized carbons (Fsp3) is 0.438. The molecule has 1 aromatic carbocycles. The number of aliphatic hydroxyl groups excluding tert-OH is 1. The molecule has 0 spiro atoms. The molecule has 2 heterocycles. The van der Waals surface area contributed by atoms with Gasteiger partial charge in [0.25, 0.3) is 0 Å². The van der Waals surface area contributed by atoms with Crippen molar-refractivity contribution >= 4 is 23.2 Å². The second-order valence-electron chi connectivity index (χ2n) is 5.67. The van der Waals surface area contributed by atoms with Crippen LogP contribution in [-0.2, 0) is 0 Å². The van der Waals surface area contributed by atoms with Crippen LogP contribution in [-0.4, -0.2) is 52.1 Å². The highest BCUT2D eigenvalue weighted by Crippen LogP contribution is 2.24. The Kier molecular flexibility index (Phi) is 5.43. The number of ether oxygens (including phenoxy) is 1. The van der Waals surface area contributed by atoms with Crippen molar-refractivity contribution in [2.45, 2.75) is 18.9 Å². The predicted molar refractivity (Wildman–Crippen MR) is 90.8 cm³/mol. The van der Waals surface area contributed by atoms with E-state index in [1.807, 2.05) is 6.07 Å². The molecule has 1 aliphatic rings. The van der Waals surface area contributed by atoms with Crippen LogP contribution >= 0.6 is 23.2 Å². The molecule has 0 amide bonds. The fourth-order valence-electron chi connectivity index (χ4n) is 2.65. The van der Waals surface area contributed by atoms with Crippen molar-refractivity contribution in [3.05, 3.63) is 40.5 Å². The van der Waals surface area contributed by atoms with Crippen LogP contribution in [0.25, 0.3) is 5.69 Å². The van der Waals surface area contributed by atoms with Gasteiger partial charge in [-0.2, -0.15) is 0 Å². The van der Waals surface area contributed by atoms with Crippen LogP contribution in [0, 0.1) is 0 Å². The number of halogens is 2. The lowest BCUT2D eigenvalue weighted by molar-refractivity contribution is 0.0738.